The highest BCUT2D eigenvalue weighted by molar-refractivity contribution is 6.92. The molecule has 1 N–H and O–H groups in total. The van der Waals surface area contributed by atoms with Crippen LogP contribution in [0.4, 0.5) is 5.69 Å². The zero-order valence-electron chi connectivity index (χ0n) is 7.99. The molecule has 1 atom stereocenters. The van der Waals surface area contributed by atoms with Crippen LogP contribution < -0.4 is 4.48 Å². The molecule has 1 aromatic carbocycles. The number of hydrogen-bond acceptors (Lipinski definition) is 1. The van der Waals surface area contributed by atoms with Crippen LogP contribution in [-0.2, 0) is 0 Å². The SMILES string of the molecule is C[N+](C)(C)c1ccccc1.P.[OH-]. The lowest BCUT2D eigenvalue weighted by molar-refractivity contribution is 0.486. The first kappa shape index (κ1) is 14.1. The van der Waals surface area contributed by atoms with Gasteiger partial charge in [0.15, 0.2) is 0 Å². The van der Waals surface area contributed by atoms with Crippen LogP contribution in [0.25, 0.3) is 0 Å². The second kappa shape index (κ2) is 5.26. The molecule has 1 unspecified atom stereocenters. The van der Waals surface area contributed by atoms with E-state index in [4.69, 9.17) is 0 Å². The smallest absolute Gasteiger partial charge is 0.132 e. The average Bonchev–Trinajstić information content (AvgIpc) is 1.88. The van der Waals surface area contributed by atoms with Crippen molar-refractivity contribution in [2.45, 2.75) is 0 Å². The van der Waals surface area contributed by atoms with Crippen molar-refractivity contribution in [3.63, 3.8) is 0 Å². The Kier molecular flexibility index (Phi) is 6.18. The second-order valence-electron chi connectivity index (χ2n) is 3.35. The van der Waals surface area contributed by atoms with Gasteiger partial charge in [0.25, 0.3) is 0 Å². The van der Waals surface area contributed by atoms with Crippen LogP contribution in [0.5, 0.6) is 0 Å². The van der Waals surface area contributed by atoms with Gasteiger partial charge >= 0.3 is 0 Å². The molecular formula is C9H18NOP. The van der Waals surface area contributed by atoms with E-state index in [2.05, 4.69) is 45.4 Å². The van der Waals surface area contributed by atoms with Gasteiger partial charge in [0.1, 0.15) is 5.69 Å². The predicted molar refractivity (Wildman–Crippen MR) is 59.0 cm³/mol. The minimum Gasteiger partial charge on any atom is -0.870 e. The summed E-state index contributed by atoms with van der Waals surface area (Å²) in [6.07, 6.45) is 0. The molecule has 0 aromatic heterocycles. The summed E-state index contributed by atoms with van der Waals surface area (Å²) < 4.78 is 0.890. The lowest BCUT2D eigenvalue weighted by Gasteiger charge is -2.22. The summed E-state index contributed by atoms with van der Waals surface area (Å²) in [6.45, 7) is 0. The number of rotatable bonds is 1. The van der Waals surface area contributed by atoms with Crippen molar-refractivity contribution >= 4 is 15.6 Å². The number of quaternary nitrogens is 1. The normalized spacial score (nSPS) is 9.58. The quantitative estimate of drug-likeness (QED) is 0.486. The molecule has 1 rings (SSSR count). The van der Waals surface area contributed by atoms with Crippen molar-refractivity contribution in [1.82, 2.24) is 4.48 Å². The van der Waals surface area contributed by atoms with Crippen molar-refractivity contribution < 1.29 is 5.48 Å². The van der Waals surface area contributed by atoms with Crippen molar-refractivity contribution in [1.29, 1.82) is 0 Å². The molecule has 0 saturated carbocycles. The maximum Gasteiger partial charge on any atom is 0.132 e. The Morgan fingerprint density at radius 1 is 0.917 bits per heavy atom. The summed E-state index contributed by atoms with van der Waals surface area (Å²) in [4.78, 5) is 0. The minimum absolute atomic E-state index is 0. The third kappa shape index (κ3) is 3.82. The van der Waals surface area contributed by atoms with E-state index in [1.807, 2.05) is 6.07 Å². The predicted octanol–water partition coefficient (Wildman–Crippen LogP) is 1.76. The number of hydrogen-bond donors (Lipinski definition) is 0. The third-order valence-corrected chi connectivity index (χ3v) is 1.53. The molecule has 0 heterocycles. The van der Waals surface area contributed by atoms with Gasteiger partial charge in [0.05, 0.1) is 21.1 Å². The molecular weight excluding hydrogens is 169 g/mol. The molecule has 0 spiro atoms. The average molecular weight is 187 g/mol. The van der Waals surface area contributed by atoms with Crippen LogP contribution in [-0.4, -0.2) is 26.6 Å². The molecule has 2 nitrogen and oxygen atoms in total. The Bertz CT molecular complexity index is 206. The van der Waals surface area contributed by atoms with Crippen molar-refractivity contribution in [3.8, 4) is 0 Å². The topological polar surface area (TPSA) is 30.0 Å². The summed E-state index contributed by atoms with van der Waals surface area (Å²) in [7, 11) is 6.49. The van der Waals surface area contributed by atoms with Gasteiger partial charge in [-0.1, -0.05) is 18.2 Å². The third-order valence-electron chi connectivity index (χ3n) is 1.53. The van der Waals surface area contributed by atoms with Crippen LogP contribution in [0.15, 0.2) is 30.3 Å². The zero-order chi connectivity index (χ0) is 7.61. The van der Waals surface area contributed by atoms with E-state index in [0.717, 1.165) is 4.48 Å². The molecule has 0 aliphatic rings. The second-order valence-corrected chi connectivity index (χ2v) is 3.35. The van der Waals surface area contributed by atoms with Crippen LogP contribution in [0.2, 0.25) is 0 Å². The van der Waals surface area contributed by atoms with E-state index in [-0.39, 0.29) is 15.4 Å². The summed E-state index contributed by atoms with van der Waals surface area (Å²) in [6, 6.07) is 10.5. The molecule has 12 heavy (non-hydrogen) atoms. The zero-order valence-corrected chi connectivity index (χ0v) is 9.40. The minimum atomic E-state index is 0. The molecule has 0 saturated heterocycles. The molecule has 0 radical (unpaired) electrons. The fourth-order valence-corrected chi connectivity index (χ4v) is 0.875. The van der Waals surface area contributed by atoms with Gasteiger partial charge < -0.3 is 5.48 Å². The van der Waals surface area contributed by atoms with Gasteiger partial charge in [-0.05, 0) is 12.1 Å². The highest BCUT2D eigenvalue weighted by Gasteiger charge is 2.08. The summed E-state index contributed by atoms with van der Waals surface area (Å²) in [5.41, 5.74) is 1.34. The van der Waals surface area contributed by atoms with Crippen LogP contribution >= 0.6 is 9.90 Å². The molecule has 3 heteroatoms. The highest BCUT2D eigenvalue weighted by atomic mass is 31.0. The van der Waals surface area contributed by atoms with Crippen LogP contribution in [0, 0.1) is 0 Å². The van der Waals surface area contributed by atoms with Crippen LogP contribution in [0.3, 0.4) is 0 Å². The van der Waals surface area contributed by atoms with Gasteiger partial charge in [0, 0.05) is 0 Å². The Hall–Kier alpha value is -0.430. The Labute approximate surface area is 77.7 Å². The van der Waals surface area contributed by atoms with Crippen molar-refractivity contribution in [2.75, 3.05) is 21.1 Å². The molecule has 0 amide bonds. The largest absolute Gasteiger partial charge is 0.870 e. The molecule has 0 aliphatic carbocycles. The maximum absolute atomic E-state index is 2.16. The van der Waals surface area contributed by atoms with Crippen LogP contribution in [0.1, 0.15) is 0 Å². The van der Waals surface area contributed by atoms with Gasteiger partial charge in [-0.3, -0.25) is 4.48 Å². The number of para-hydroxylation sites is 1. The molecule has 70 valence electrons. The number of nitrogens with zero attached hydrogens (tertiary/aromatic N) is 1. The number of benzene rings is 1. The molecule has 0 fully saturated rings. The molecule has 1 aromatic rings. The Balaban J connectivity index is 0. The van der Waals surface area contributed by atoms with E-state index in [0.29, 0.717) is 0 Å². The summed E-state index contributed by atoms with van der Waals surface area (Å²) in [5.74, 6) is 0. The van der Waals surface area contributed by atoms with Gasteiger partial charge in [-0.25, -0.2) is 0 Å². The fraction of sp³-hybridized carbons (Fsp3) is 0.333. The summed E-state index contributed by atoms with van der Waals surface area (Å²) >= 11 is 0. The van der Waals surface area contributed by atoms with E-state index >= 15 is 0 Å². The standard InChI is InChI=1S/C9H14N.H2O.H3P/c1-10(2,3)9-7-5-4-6-8-9;;/h4-8H,1-3H3;1H2;1H3/q+1;;/p-1. The van der Waals surface area contributed by atoms with Crippen molar-refractivity contribution in [2.24, 2.45) is 0 Å². The van der Waals surface area contributed by atoms with E-state index in [1.54, 1.807) is 0 Å². The monoisotopic (exact) mass is 187 g/mol. The van der Waals surface area contributed by atoms with Gasteiger partial charge in [-0.2, -0.15) is 9.90 Å². The van der Waals surface area contributed by atoms with Gasteiger partial charge in [-0.15, -0.1) is 0 Å². The lowest BCUT2D eigenvalue weighted by Crippen LogP contribution is -2.34. The maximum atomic E-state index is 2.16. The highest BCUT2D eigenvalue weighted by Crippen LogP contribution is 2.14. The first-order valence-electron chi connectivity index (χ1n) is 3.48. The van der Waals surface area contributed by atoms with E-state index in [9.17, 15) is 0 Å². The van der Waals surface area contributed by atoms with Crippen molar-refractivity contribution in [3.05, 3.63) is 30.3 Å². The van der Waals surface area contributed by atoms with E-state index < -0.39 is 0 Å². The first-order valence-corrected chi connectivity index (χ1v) is 3.48. The van der Waals surface area contributed by atoms with E-state index in [1.165, 1.54) is 5.69 Å². The molecule has 0 bridgehead atoms. The first-order chi connectivity index (χ1) is 4.61. The molecule has 0 aliphatic heterocycles. The fourth-order valence-electron chi connectivity index (χ4n) is 0.875. The Morgan fingerprint density at radius 2 is 1.33 bits per heavy atom. The Morgan fingerprint density at radius 3 is 1.58 bits per heavy atom. The van der Waals surface area contributed by atoms with Gasteiger partial charge in [0.2, 0.25) is 0 Å². The summed E-state index contributed by atoms with van der Waals surface area (Å²) in [5, 5.41) is 0. The lowest BCUT2D eigenvalue weighted by atomic mass is 10.3.